The van der Waals surface area contributed by atoms with Crippen LogP contribution in [0.1, 0.15) is 31.4 Å². The van der Waals surface area contributed by atoms with Gasteiger partial charge in [-0.3, -0.25) is 10.00 Å². The Balaban J connectivity index is 1.81. The fraction of sp³-hybridized carbons (Fsp3) is 0.636. The van der Waals surface area contributed by atoms with Crippen LogP contribution < -0.4 is 0 Å². The van der Waals surface area contributed by atoms with Gasteiger partial charge in [0.05, 0.1) is 11.9 Å². The molecule has 1 aromatic heterocycles. The number of hydrogen-bond acceptors (Lipinski definition) is 3. The molecule has 0 unspecified atom stereocenters. The highest BCUT2D eigenvalue weighted by Gasteiger charge is 2.41. The molecule has 0 spiro atoms. The van der Waals surface area contributed by atoms with Gasteiger partial charge < -0.3 is 0 Å². The van der Waals surface area contributed by atoms with Crippen LogP contribution in [0, 0.1) is 0 Å². The van der Waals surface area contributed by atoms with Crippen molar-refractivity contribution in [1.82, 2.24) is 20.3 Å². The van der Waals surface area contributed by atoms with Gasteiger partial charge in [0.15, 0.2) is 0 Å². The van der Waals surface area contributed by atoms with Gasteiger partial charge in [0, 0.05) is 5.54 Å². The molecule has 0 bridgehead atoms. The summed E-state index contributed by atoms with van der Waals surface area (Å²) in [5, 5.41) is 10.4. The van der Waals surface area contributed by atoms with Gasteiger partial charge in [-0.05, 0) is 44.8 Å². The summed E-state index contributed by atoms with van der Waals surface area (Å²) in [7, 11) is 0. The molecule has 3 heterocycles. The van der Waals surface area contributed by atoms with Crippen LogP contribution in [0.15, 0.2) is 12.3 Å². The first kappa shape index (κ1) is 9.09. The first-order valence-electron chi connectivity index (χ1n) is 5.69. The van der Waals surface area contributed by atoms with Crippen molar-refractivity contribution in [3.63, 3.8) is 0 Å². The molecular weight excluding hydrogens is 188 g/mol. The average molecular weight is 204 g/mol. The Morgan fingerprint density at radius 2 is 2.13 bits per heavy atom. The molecule has 0 amide bonds. The highest BCUT2D eigenvalue weighted by molar-refractivity contribution is 5.45. The zero-order valence-corrected chi connectivity index (χ0v) is 8.82. The first-order valence-corrected chi connectivity index (χ1v) is 5.69. The molecule has 0 saturated carbocycles. The second-order valence-electron chi connectivity index (χ2n) is 4.54. The molecule has 3 rings (SSSR count). The molecule has 2 saturated heterocycles. The molecule has 2 aliphatic rings. The van der Waals surface area contributed by atoms with E-state index < -0.39 is 0 Å². The Morgan fingerprint density at radius 3 is 2.80 bits per heavy atom. The molecule has 0 atom stereocenters. The lowest BCUT2D eigenvalue weighted by atomic mass is 9.93. The van der Waals surface area contributed by atoms with E-state index in [4.69, 9.17) is 0 Å². The molecule has 2 fully saturated rings. The van der Waals surface area contributed by atoms with Crippen LogP contribution in [0.2, 0.25) is 0 Å². The molecule has 2 aliphatic heterocycles. The Hall–Kier alpha value is -1.16. The zero-order chi connectivity index (χ0) is 10.1. The molecule has 4 nitrogen and oxygen atoms in total. The summed E-state index contributed by atoms with van der Waals surface area (Å²) in [5.41, 5.74) is 1.36. The molecule has 15 heavy (non-hydrogen) atoms. The highest BCUT2D eigenvalue weighted by atomic mass is 15.3. The summed E-state index contributed by atoms with van der Waals surface area (Å²) in [6, 6.07) is 0. The first-order chi connectivity index (χ1) is 7.39. The van der Waals surface area contributed by atoms with E-state index in [0.29, 0.717) is 5.54 Å². The fourth-order valence-corrected chi connectivity index (χ4v) is 2.95. The minimum Gasteiger partial charge on any atom is -0.294 e. The second-order valence-corrected chi connectivity index (χ2v) is 4.54. The van der Waals surface area contributed by atoms with Crippen molar-refractivity contribution in [2.24, 2.45) is 0 Å². The van der Waals surface area contributed by atoms with E-state index in [2.05, 4.69) is 32.5 Å². The van der Waals surface area contributed by atoms with Crippen LogP contribution in [0.3, 0.4) is 0 Å². The molecule has 4 heteroatoms. The minimum atomic E-state index is 0.352. The number of H-pyrrole nitrogens is 1. The average Bonchev–Trinajstić information content (AvgIpc) is 2.91. The third kappa shape index (κ3) is 1.49. The van der Waals surface area contributed by atoms with Gasteiger partial charge in [0.2, 0.25) is 0 Å². The Kier molecular flexibility index (Phi) is 2.09. The van der Waals surface area contributed by atoms with E-state index in [9.17, 15) is 0 Å². The lowest BCUT2D eigenvalue weighted by molar-refractivity contribution is 0.251. The van der Waals surface area contributed by atoms with E-state index in [1.54, 1.807) is 6.20 Å². The van der Waals surface area contributed by atoms with Gasteiger partial charge in [-0.25, -0.2) is 0 Å². The van der Waals surface area contributed by atoms with Crippen molar-refractivity contribution in [2.45, 2.75) is 31.2 Å². The molecule has 1 N–H and O–H groups in total. The van der Waals surface area contributed by atoms with E-state index in [-0.39, 0.29) is 0 Å². The van der Waals surface area contributed by atoms with Gasteiger partial charge in [0.1, 0.15) is 0 Å². The summed E-state index contributed by atoms with van der Waals surface area (Å²) in [6.07, 6.45) is 11.5. The Morgan fingerprint density at radius 1 is 1.33 bits per heavy atom. The number of nitrogens with one attached hydrogen (secondary N) is 1. The number of aromatic nitrogens is 3. The maximum Gasteiger partial charge on any atom is 0.0778 e. The van der Waals surface area contributed by atoms with E-state index in [1.807, 2.05) is 0 Å². The largest absolute Gasteiger partial charge is 0.294 e. The maximum absolute atomic E-state index is 3.78. The standard InChI is InChI=1S/C11H16N4/c1-4-11(5-2-8-15(11)7-1)6-3-10-9-12-14-13-10/h3,6,9H,1-2,4-5,7-8H2,(H,12,13,14)/b6-3+. The van der Waals surface area contributed by atoms with Crippen molar-refractivity contribution in [3.05, 3.63) is 18.0 Å². The molecule has 0 aliphatic carbocycles. The third-order valence-electron chi connectivity index (χ3n) is 3.71. The zero-order valence-electron chi connectivity index (χ0n) is 8.82. The van der Waals surface area contributed by atoms with Crippen molar-refractivity contribution in [3.8, 4) is 0 Å². The third-order valence-corrected chi connectivity index (χ3v) is 3.71. The van der Waals surface area contributed by atoms with Crippen molar-refractivity contribution >= 4 is 6.08 Å². The summed E-state index contributed by atoms with van der Waals surface area (Å²) < 4.78 is 0. The van der Waals surface area contributed by atoms with Crippen LogP contribution in [0.25, 0.3) is 6.08 Å². The van der Waals surface area contributed by atoms with Crippen LogP contribution in [0.4, 0.5) is 0 Å². The molecule has 0 radical (unpaired) electrons. The SMILES string of the molecule is C(=C\C12CCCN1CCC2)/c1cnn[nH]1. The van der Waals surface area contributed by atoms with Crippen molar-refractivity contribution in [2.75, 3.05) is 13.1 Å². The van der Waals surface area contributed by atoms with Crippen molar-refractivity contribution in [1.29, 1.82) is 0 Å². The van der Waals surface area contributed by atoms with Crippen LogP contribution in [-0.2, 0) is 0 Å². The topological polar surface area (TPSA) is 44.8 Å². The van der Waals surface area contributed by atoms with Gasteiger partial charge >= 0.3 is 0 Å². The van der Waals surface area contributed by atoms with Gasteiger partial charge in [-0.15, -0.1) is 5.10 Å². The Bertz CT molecular complexity index is 345. The molecular formula is C11H16N4. The number of nitrogens with zero attached hydrogens (tertiary/aromatic N) is 3. The smallest absolute Gasteiger partial charge is 0.0778 e. The lowest BCUT2D eigenvalue weighted by Crippen LogP contribution is -2.35. The van der Waals surface area contributed by atoms with Crippen molar-refractivity contribution < 1.29 is 0 Å². The van der Waals surface area contributed by atoms with Gasteiger partial charge in [0.25, 0.3) is 0 Å². The number of fused-ring (bicyclic) bond motifs is 1. The van der Waals surface area contributed by atoms with E-state index >= 15 is 0 Å². The summed E-state index contributed by atoms with van der Waals surface area (Å²) in [4.78, 5) is 2.62. The van der Waals surface area contributed by atoms with Gasteiger partial charge in [-0.1, -0.05) is 11.3 Å². The van der Waals surface area contributed by atoms with Crippen LogP contribution in [-0.4, -0.2) is 38.9 Å². The summed E-state index contributed by atoms with van der Waals surface area (Å²) in [6.45, 7) is 2.54. The predicted molar refractivity (Wildman–Crippen MR) is 58.2 cm³/mol. The quantitative estimate of drug-likeness (QED) is 0.793. The molecule has 80 valence electrons. The predicted octanol–water partition coefficient (Wildman–Crippen LogP) is 1.45. The highest BCUT2D eigenvalue weighted by Crippen LogP contribution is 2.40. The van der Waals surface area contributed by atoms with E-state index in [1.165, 1.54) is 38.8 Å². The number of hydrogen-bond donors (Lipinski definition) is 1. The van der Waals surface area contributed by atoms with Crippen LogP contribution >= 0.6 is 0 Å². The molecule has 0 aromatic carbocycles. The normalized spacial score (nSPS) is 25.1. The minimum absolute atomic E-state index is 0.352. The van der Waals surface area contributed by atoms with Crippen LogP contribution in [0.5, 0.6) is 0 Å². The maximum atomic E-state index is 3.78. The number of aromatic amines is 1. The van der Waals surface area contributed by atoms with E-state index in [0.717, 1.165) is 5.69 Å². The molecule has 1 aromatic rings. The lowest BCUT2D eigenvalue weighted by Gasteiger charge is -2.28. The summed E-state index contributed by atoms with van der Waals surface area (Å²) in [5.74, 6) is 0. The van der Waals surface area contributed by atoms with Gasteiger partial charge in [-0.2, -0.15) is 0 Å². The Labute approximate surface area is 89.4 Å². The fourth-order valence-electron chi connectivity index (χ4n) is 2.95. The second kappa shape index (κ2) is 3.45. The number of rotatable bonds is 2. The summed E-state index contributed by atoms with van der Waals surface area (Å²) >= 11 is 0. The monoisotopic (exact) mass is 204 g/mol.